The normalized spacial score (nSPS) is 39.4. The standard InChI is InChI=1S/C28H40N2O4/c1-6-30(4,15-16-7-8-16)20-13-17-9-10-18(25(29)31)23-21(17)22-24(34-23)28(33-5)12-11-27(20,22)14-19(28)26(2,3)32/h9-10,16,19-20,22,24,32H,6-8,11-15H2,1-5H3,(H-,29,31)/p+1/t19-,20-,22?,24-,27-,28-,30-/m1/s1. The van der Waals surface area contributed by atoms with Crippen LogP contribution in [0.4, 0.5) is 0 Å². The van der Waals surface area contributed by atoms with Crippen LogP contribution in [0.15, 0.2) is 12.1 Å². The van der Waals surface area contributed by atoms with E-state index in [2.05, 4.69) is 20.0 Å². The van der Waals surface area contributed by atoms with Gasteiger partial charge in [-0.25, -0.2) is 0 Å². The summed E-state index contributed by atoms with van der Waals surface area (Å²) in [7, 11) is 4.25. The Morgan fingerprint density at radius 1 is 1.32 bits per heavy atom. The minimum Gasteiger partial charge on any atom is -0.486 e. The summed E-state index contributed by atoms with van der Waals surface area (Å²) < 4.78 is 14.2. The molecule has 1 aromatic rings. The van der Waals surface area contributed by atoms with Crippen molar-refractivity contribution in [3.63, 3.8) is 0 Å². The van der Waals surface area contributed by atoms with Crippen molar-refractivity contribution in [1.29, 1.82) is 0 Å². The van der Waals surface area contributed by atoms with Gasteiger partial charge in [0.1, 0.15) is 17.5 Å². The zero-order valence-corrected chi connectivity index (χ0v) is 21.4. The van der Waals surface area contributed by atoms with Gasteiger partial charge in [0.2, 0.25) is 0 Å². The third-order valence-corrected chi connectivity index (χ3v) is 10.8. The molecule has 34 heavy (non-hydrogen) atoms. The molecule has 1 unspecified atom stereocenters. The van der Waals surface area contributed by atoms with Crippen molar-refractivity contribution < 1.29 is 23.9 Å². The van der Waals surface area contributed by atoms with Crippen molar-refractivity contribution >= 4 is 5.91 Å². The van der Waals surface area contributed by atoms with Gasteiger partial charge in [0.25, 0.3) is 5.91 Å². The molecule has 7 atom stereocenters. The summed E-state index contributed by atoms with van der Waals surface area (Å²) in [5, 5.41) is 11.5. The van der Waals surface area contributed by atoms with E-state index in [4.69, 9.17) is 15.2 Å². The Kier molecular flexibility index (Phi) is 4.68. The lowest BCUT2D eigenvalue weighted by atomic mass is 9.41. The maximum Gasteiger partial charge on any atom is 0.252 e. The van der Waals surface area contributed by atoms with Gasteiger partial charge in [-0.2, -0.15) is 0 Å². The summed E-state index contributed by atoms with van der Waals surface area (Å²) in [6.45, 7) is 8.54. The summed E-state index contributed by atoms with van der Waals surface area (Å²) in [4.78, 5) is 12.4. The second-order valence-electron chi connectivity index (χ2n) is 12.8. The Hall–Kier alpha value is -1.63. The Labute approximate surface area is 203 Å². The fraction of sp³-hybridized carbons (Fsp3) is 0.750. The summed E-state index contributed by atoms with van der Waals surface area (Å²) in [6, 6.07) is 4.46. The van der Waals surface area contributed by atoms with Gasteiger partial charge in [0, 0.05) is 42.3 Å². The molecule has 5 aliphatic carbocycles. The van der Waals surface area contributed by atoms with Crippen molar-refractivity contribution in [3.05, 3.63) is 28.8 Å². The SMILES string of the molecule is CC[N@+](C)(CC1CC1)[C@@H]1Cc2ccc(C(N)=O)c3c2C2[C@@H](O3)[C@@]3(OC)CC[C@]21C[C@@H]3C(C)(C)O. The Bertz CT molecular complexity index is 1050. The lowest BCUT2D eigenvalue weighted by Gasteiger charge is -2.68. The molecule has 1 amide bonds. The van der Waals surface area contributed by atoms with Gasteiger partial charge >= 0.3 is 0 Å². The number of carbonyl (C=O) groups excluding carboxylic acids is 1. The van der Waals surface area contributed by atoms with Crippen LogP contribution in [0.3, 0.4) is 0 Å². The van der Waals surface area contributed by atoms with Gasteiger partial charge in [-0.1, -0.05) is 6.07 Å². The summed E-state index contributed by atoms with van der Waals surface area (Å²) in [6.07, 6.45) is 6.36. The number of fused-ring (bicyclic) bond motifs is 2. The molecular weight excluding hydrogens is 428 g/mol. The minimum absolute atomic E-state index is 0.00375. The molecule has 6 heteroatoms. The van der Waals surface area contributed by atoms with Gasteiger partial charge < -0.3 is 24.8 Å². The first-order chi connectivity index (χ1) is 16.0. The summed E-state index contributed by atoms with van der Waals surface area (Å²) in [5.41, 5.74) is 7.35. The number of ether oxygens (including phenoxy) is 2. The number of aliphatic hydroxyl groups is 1. The molecule has 4 saturated carbocycles. The highest BCUT2D eigenvalue weighted by Gasteiger charge is 2.76. The van der Waals surface area contributed by atoms with Gasteiger partial charge in [-0.05, 0) is 64.5 Å². The molecule has 7 rings (SSSR count). The molecule has 1 heterocycles. The fourth-order valence-electron chi connectivity index (χ4n) is 9.02. The second kappa shape index (κ2) is 6.98. The van der Waals surface area contributed by atoms with E-state index in [1.54, 1.807) is 7.11 Å². The molecule has 0 radical (unpaired) electrons. The largest absolute Gasteiger partial charge is 0.486 e. The first-order valence-electron chi connectivity index (χ1n) is 13.2. The molecule has 0 saturated heterocycles. The zero-order chi connectivity index (χ0) is 24.3. The van der Waals surface area contributed by atoms with E-state index in [0.29, 0.717) is 17.4 Å². The number of quaternary nitrogens is 1. The lowest BCUT2D eigenvalue weighted by molar-refractivity contribution is -0.942. The minimum atomic E-state index is -0.893. The van der Waals surface area contributed by atoms with E-state index >= 15 is 0 Å². The Morgan fingerprint density at radius 2 is 2.06 bits per heavy atom. The molecule has 0 aromatic heterocycles. The number of benzene rings is 1. The van der Waals surface area contributed by atoms with Crippen molar-refractivity contribution in [2.45, 2.75) is 88.6 Å². The van der Waals surface area contributed by atoms with Crippen molar-refractivity contribution in [1.82, 2.24) is 0 Å². The summed E-state index contributed by atoms with van der Waals surface area (Å²) in [5.74, 6) is 1.22. The fourth-order valence-corrected chi connectivity index (χ4v) is 9.02. The molecule has 4 fully saturated rings. The number of rotatable bonds is 7. The van der Waals surface area contributed by atoms with Gasteiger partial charge in [-0.15, -0.1) is 0 Å². The van der Waals surface area contributed by atoms with Crippen LogP contribution in [0, 0.1) is 17.3 Å². The van der Waals surface area contributed by atoms with Gasteiger partial charge in [0.15, 0.2) is 0 Å². The first-order valence-corrected chi connectivity index (χ1v) is 13.2. The molecular formula is C28H41N2O4+. The Morgan fingerprint density at radius 3 is 2.65 bits per heavy atom. The molecule has 2 bridgehead atoms. The predicted octanol–water partition coefficient (Wildman–Crippen LogP) is 3.39. The topological polar surface area (TPSA) is 81.8 Å². The van der Waals surface area contributed by atoms with Crippen LogP contribution in [-0.2, 0) is 11.2 Å². The van der Waals surface area contributed by atoms with E-state index in [-0.39, 0.29) is 23.4 Å². The second-order valence-corrected chi connectivity index (χ2v) is 12.8. The van der Waals surface area contributed by atoms with E-state index in [0.717, 1.165) is 42.6 Å². The number of hydrogen-bond donors (Lipinski definition) is 2. The van der Waals surface area contributed by atoms with E-state index in [9.17, 15) is 9.90 Å². The predicted molar refractivity (Wildman–Crippen MR) is 130 cm³/mol. The third kappa shape index (κ3) is 2.76. The van der Waals surface area contributed by atoms with Crippen LogP contribution in [0.1, 0.15) is 80.3 Å². The Balaban J connectivity index is 1.59. The zero-order valence-electron chi connectivity index (χ0n) is 21.4. The number of carbonyl (C=O) groups is 1. The van der Waals surface area contributed by atoms with Crippen molar-refractivity contribution in [3.8, 4) is 5.75 Å². The number of nitrogens with zero attached hydrogens (tertiary/aromatic N) is 1. The molecule has 1 aliphatic heterocycles. The van der Waals surface area contributed by atoms with Gasteiger partial charge in [-0.3, -0.25) is 4.79 Å². The third-order valence-electron chi connectivity index (χ3n) is 10.8. The highest BCUT2D eigenvalue weighted by atomic mass is 16.6. The molecule has 1 aromatic carbocycles. The molecule has 3 N–H and O–H groups in total. The van der Waals surface area contributed by atoms with Gasteiger partial charge in [0.05, 0.1) is 37.3 Å². The molecule has 6 nitrogen and oxygen atoms in total. The maximum atomic E-state index is 12.4. The molecule has 1 spiro atoms. The van der Waals surface area contributed by atoms with Crippen LogP contribution >= 0.6 is 0 Å². The quantitative estimate of drug-likeness (QED) is 0.600. The molecule has 186 valence electrons. The van der Waals surface area contributed by atoms with Crippen molar-refractivity contribution in [2.24, 2.45) is 23.0 Å². The lowest BCUT2D eigenvalue weighted by Crippen LogP contribution is -2.76. The highest BCUT2D eigenvalue weighted by Crippen LogP contribution is 2.72. The monoisotopic (exact) mass is 469 g/mol. The molecule has 6 aliphatic rings. The highest BCUT2D eigenvalue weighted by molar-refractivity contribution is 5.96. The van der Waals surface area contributed by atoms with Crippen LogP contribution in [-0.4, -0.2) is 66.1 Å². The average molecular weight is 470 g/mol. The smallest absolute Gasteiger partial charge is 0.252 e. The van der Waals surface area contributed by atoms with Crippen LogP contribution in [0.25, 0.3) is 0 Å². The number of likely N-dealkylation sites (N-methyl/N-ethyl adjacent to an activating group) is 1. The number of primary amides is 1. The number of hydrogen-bond acceptors (Lipinski definition) is 4. The number of methoxy groups -OCH3 is 1. The van der Waals surface area contributed by atoms with E-state index in [1.807, 2.05) is 19.9 Å². The average Bonchev–Trinajstić information content (AvgIpc) is 3.50. The number of nitrogens with two attached hydrogens (primary N) is 1. The maximum absolute atomic E-state index is 12.4. The number of amides is 1. The van der Waals surface area contributed by atoms with E-state index in [1.165, 1.54) is 30.5 Å². The first kappa shape index (κ1) is 22.8. The van der Waals surface area contributed by atoms with Crippen LogP contribution < -0.4 is 10.5 Å². The van der Waals surface area contributed by atoms with Crippen molar-refractivity contribution in [2.75, 3.05) is 27.2 Å². The van der Waals surface area contributed by atoms with E-state index < -0.39 is 17.1 Å². The van der Waals surface area contributed by atoms with Crippen LogP contribution in [0.5, 0.6) is 5.75 Å². The summed E-state index contributed by atoms with van der Waals surface area (Å²) >= 11 is 0. The van der Waals surface area contributed by atoms with Crippen LogP contribution in [0.2, 0.25) is 0 Å².